The van der Waals surface area contributed by atoms with Gasteiger partial charge < -0.3 is 15.7 Å². The summed E-state index contributed by atoms with van der Waals surface area (Å²) in [6.07, 6.45) is 1.07. The number of carbonyl (C=O) groups excluding carboxylic acids is 1. The van der Waals surface area contributed by atoms with Gasteiger partial charge >= 0.3 is 6.03 Å². The number of urea groups is 1. The molecule has 0 aliphatic rings. The van der Waals surface area contributed by atoms with Gasteiger partial charge in [-0.2, -0.15) is 0 Å². The predicted molar refractivity (Wildman–Crippen MR) is 93.1 cm³/mol. The maximum absolute atomic E-state index is 11.8. The lowest BCUT2D eigenvalue weighted by atomic mass is 10.1. The van der Waals surface area contributed by atoms with E-state index in [2.05, 4.69) is 15.4 Å². The molecule has 0 aliphatic heterocycles. The third-order valence-electron chi connectivity index (χ3n) is 3.10. The molecule has 0 aliphatic carbocycles. The van der Waals surface area contributed by atoms with E-state index < -0.39 is 10.0 Å². The molecule has 2 aromatic carbocycles. The second-order valence-corrected chi connectivity index (χ2v) is 6.98. The molecule has 0 saturated carbocycles. The zero-order chi connectivity index (χ0) is 17.6. The number of benzene rings is 2. The van der Waals surface area contributed by atoms with Gasteiger partial charge in [-0.25, -0.2) is 13.2 Å². The Labute approximate surface area is 140 Å². The van der Waals surface area contributed by atoms with Crippen LogP contribution in [-0.2, 0) is 23.2 Å². The van der Waals surface area contributed by atoms with Gasteiger partial charge in [0.1, 0.15) is 0 Å². The first-order valence-corrected chi connectivity index (χ1v) is 9.06. The van der Waals surface area contributed by atoms with E-state index in [1.165, 1.54) is 0 Å². The minimum atomic E-state index is -3.32. The maximum Gasteiger partial charge on any atom is 0.319 e. The molecule has 24 heavy (non-hydrogen) atoms. The first kappa shape index (κ1) is 17.8. The van der Waals surface area contributed by atoms with Crippen molar-refractivity contribution >= 4 is 27.4 Å². The fourth-order valence-corrected chi connectivity index (χ4v) is 2.52. The van der Waals surface area contributed by atoms with Crippen molar-refractivity contribution in [1.29, 1.82) is 0 Å². The highest BCUT2D eigenvalue weighted by Crippen LogP contribution is 2.14. The highest BCUT2D eigenvalue weighted by atomic mass is 32.2. The lowest BCUT2D eigenvalue weighted by molar-refractivity contribution is 0.251. The normalized spacial score (nSPS) is 10.9. The number of rotatable bonds is 6. The molecule has 128 valence electrons. The smallest absolute Gasteiger partial charge is 0.319 e. The summed E-state index contributed by atoms with van der Waals surface area (Å²) < 4.78 is 24.6. The van der Waals surface area contributed by atoms with Gasteiger partial charge in [0.25, 0.3) is 0 Å². The number of hydrogen-bond donors (Lipinski definition) is 4. The summed E-state index contributed by atoms with van der Waals surface area (Å²) in [6, 6.07) is 13.2. The van der Waals surface area contributed by atoms with Gasteiger partial charge in [0.15, 0.2) is 0 Å². The summed E-state index contributed by atoms with van der Waals surface area (Å²) in [6.45, 7) is 0.337. The lowest BCUT2D eigenvalue weighted by Gasteiger charge is -2.09. The van der Waals surface area contributed by atoms with Crippen LogP contribution in [0.5, 0.6) is 0 Å². The Hall–Kier alpha value is -2.58. The van der Waals surface area contributed by atoms with Crippen LogP contribution in [0, 0.1) is 0 Å². The Bertz CT molecular complexity index is 787. The van der Waals surface area contributed by atoms with E-state index in [-0.39, 0.29) is 12.6 Å². The van der Waals surface area contributed by atoms with E-state index in [1.54, 1.807) is 36.4 Å². The molecule has 0 radical (unpaired) electrons. The summed E-state index contributed by atoms with van der Waals surface area (Å²) in [5, 5.41) is 14.3. The van der Waals surface area contributed by atoms with Crippen molar-refractivity contribution in [1.82, 2.24) is 5.32 Å². The van der Waals surface area contributed by atoms with E-state index in [9.17, 15) is 13.2 Å². The third kappa shape index (κ3) is 5.90. The van der Waals surface area contributed by atoms with Crippen LogP contribution >= 0.6 is 0 Å². The molecule has 0 atom stereocenters. The van der Waals surface area contributed by atoms with Crippen molar-refractivity contribution in [2.24, 2.45) is 0 Å². The van der Waals surface area contributed by atoms with Crippen molar-refractivity contribution in [3.63, 3.8) is 0 Å². The van der Waals surface area contributed by atoms with Crippen molar-refractivity contribution in [2.45, 2.75) is 13.2 Å². The first-order valence-electron chi connectivity index (χ1n) is 7.17. The van der Waals surface area contributed by atoms with Crippen molar-refractivity contribution in [3.05, 3.63) is 59.7 Å². The minimum Gasteiger partial charge on any atom is -0.392 e. The number of amides is 2. The lowest BCUT2D eigenvalue weighted by Crippen LogP contribution is -2.28. The SMILES string of the molecule is CS(=O)(=O)Nc1ccc(NC(=O)NCc2ccc(CO)cc2)cc1. The van der Waals surface area contributed by atoms with E-state index in [1.807, 2.05) is 12.1 Å². The zero-order valence-corrected chi connectivity index (χ0v) is 13.9. The van der Waals surface area contributed by atoms with Crippen LogP contribution in [-0.4, -0.2) is 25.8 Å². The topological polar surface area (TPSA) is 108 Å². The van der Waals surface area contributed by atoms with Gasteiger partial charge in [-0.3, -0.25) is 4.72 Å². The summed E-state index contributed by atoms with van der Waals surface area (Å²) in [5.74, 6) is 0. The van der Waals surface area contributed by atoms with Gasteiger partial charge in [-0.15, -0.1) is 0 Å². The molecule has 0 spiro atoms. The first-order chi connectivity index (χ1) is 11.4. The van der Waals surface area contributed by atoms with Gasteiger partial charge in [-0.05, 0) is 35.4 Å². The molecule has 0 bridgehead atoms. The molecule has 0 aromatic heterocycles. The Kier molecular flexibility index (Phi) is 5.78. The number of aliphatic hydroxyl groups excluding tert-OH is 1. The average Bonchev–Trinajstić information content (AvgIpc) is 2.54. The average molecular weight is 349 g/mol. The summed E-state index contributed by atoms with van der Waals surface area (Å²) in [5.41, 5.74) is 2.69. The monoisotopic (exact) mass is 349 g/mol. The minimum absolute atomic E-state index is 0.0155. The van der Waals surface area contributed by atoms with E-state index in [0.29, 0.717) is 17.9 Å². The Morgan fingerprint density at radius 1 is 0.958 bits per heavy atom. The molecular weight excluding hydrogens is 330 g/mol. The van der Waals surface area contributed by atoms with Gasteiger partial charge in [0, 0.05) is 17.9 Å². The van der Waals surface area contributed by atoms with Crippen molar-refractivity contribution < 1.29 is 18.3 Å². The standard InChI is InChI=1S/C16H19N3O4S/c1-24(22,23)19-15-8-6-14(7-9-15)18-16(21)17-10-12-2-4-13(11-20)5-3-12/h2-9,19-20H,10-11H2,1H3,(H2,17,18,21). The Balaban J connectivity index is 1.85. The van der Waals surface area contributed by atoms with Gasteiger partial charge in [0.05, 0.1) is 12.9 Å². The summed E-state index contributed by atoms with van der Waals surface area (Å²) >= 11 is 0. The van der Waals surface area contributed by atoms with Crippen LogP contribution in [0.3, 0.4) is 0 Å². The van der Waals surface area contributed by atoms with E-state index in [0.717, 1.165) is 17.4 Å². The predicted octanol–water partition coefficient (Wildman–Crippen LogP) is 1.87. The fraction of sp³-hybridized carbons (Fsp3) is 0.188. The zero-order valence-electron chi connectivity index (χ0n) is 13.1. The maximum atomic E-state index is 11.8. The number of carbonyl (C=O) groups is 1. The van der Waals surface area contributed by atoms with Crippen LogP contribution in [0.25, 0.3) is 0 Å². The molecule has 2 amide bonds. The molecule has 8 heteroatoms. The molecule has 4 N–H and O–H groups in total. The van der Waals surface area contributed by atoms with Crippen molar-refractivity contribution in [3.8, 4) is 0 Å². The molecule has 7 nitrogen and oxygen atoms in total. The molecule has 0 fully saturated rings. The van der Waals surface area contributed by atoms with Crippen LogP contribution in [0.4, 0.5) is 16.2 Å². The largest absolute Gasteiger partial charge is 0.392 e. The van der Waals surface area contributed by atoms with Crippen LogP contribution < -0.4 is 15.4 Å². The highest BCUT2D eigenvalue weighted by molar-refractivity contribution is 7.92. The number of anilines is 2. The highest BCUT2D eigenvalue weighted by Gasteiger charge is 2.04. The summed E-state index contributed by atoms with van der Waals surface area (Å²) in [4.78, 5) is 11.8. The van der Waals surface area contributed by atoms with Crippen LogP contribution in [0.2, 0.25) is 0 Å². The number of hydrogen-bond acceptors (Lipinski definition) is 4. The van der Waals surface area contributed by atoms with Gasteiger partial charge in [0.2, 0.25) is 10.0 Å². The number of nitrogens with one attached hydrogen (secondary N) is 3. The molecule has 2 aromatic rings. The number of aliphatic hydroxyl groups is 1. The van der Waals surface area contributed by atoms with Crippen LogP contribution in [0.15, 0.2) is 48.5 Å². The molecule has 0 unspecified atom stereocenters. The Morgan fingerprint density at radius 3 is 2.04 bits per heavy atom. The van der Waals surface area contributed by atoms with Crippen molar-refractivity contribution in [2.75, 3.05) is 16.3 Å². The second kappa shape index (κ2) is 7.80. The van der Waals surface area contributed by atoms with Crippen LogP contribution in [0.1, 0.15) is 11.1 Å². The molecule has 0 saturated heterocycles. The van der Waals surface area contributed by atoms with Gasteiger partial charge in [-0.1, -0.05) is 24.3 Å². The molecule has 2 rings (SSSR count). The summed E-state index contributed by atoms with van der Waals surface area (Å²) in [7, 11) is -3.32. The van der Waals surface area contributed by atoms with E-state index in [4.69, 9.17) is 5.11 Å². The number of sulfonamides is 1. The Morgan fingerprint density at radius 2 is 1.50 bits per heavy atom. The van der Waals surface area contributed by atoms with E-state index >= 15 is 0 Å². The molecular formula is C16H19N3O4S. The second-order valence-electron chi connectivity index (χ2n) is 5.23. The fourth-order valence-electron chi connectivity index (χ4n) is 1.96. The molecule has 0 heterocycles. The third-order valence-corrected chi connectivity index (χ3v) is 3.71. The quantitative estimate of drug-likeness (QED) is 0.638.